The van der Waals surface area contributed by atoms with Crippen LogP contribution in [0, 0.1) is 6.92 Å². The van der Waals surface area contributed by atoms with E-state index in [1.807, 2.05) is 0 Å². The molecule has 160 valence electrons. The highest BCUT2D eigenvalue weighted by atomic mass is 16.5. The SMILES string of the molecule is CC(=O)c1ccccc1NC(=O)C(C)OC(=O)c1ccc(OCc2noc(C)n2)cc1. The molecular formula is C22H21N3O6. The lowest BCUT2D eigenvalue weighted by molar-refractivity contribution is -0.123. The second kappa shape index (κ2) is 9.66. The number of amides is 1. The number of hydrogen-bond acceptors (Lipinski definition) is 8. The zero-order valence-electron chi connectivity index (χ0n) is 17.2. The van der Waals surface area contributed by atoms with Crippen LogP contribution in [0.4, 0.5) is 5.69 Å². The first-order valence-electron chi connectivity index (χ1n) is 9.47. The second-order valence-electron chi connectivity index (χ2n) is 6.68. The van der Waals surface area contributed by atoms with Crippen LogP contribution in [0.2, 0.25) is 0 Å². The summed E-state index contributed by atoms with van der Waals surface area (Å²) in [5.74, 6) is -0.0324. The summed E-state index contributed by atoms with van der Waals surface area (Å²) in [5.41, 5.74) is 0.994. The van der Waals surface area contributed by atoms with E-state index in [1.54, 1.807) is 43.3 Å². The first kappa shape index (κ1) is 21.7. The zero-order valence-corrected chi connectivity index (χ0v) is 17.2. The van der Waals surface area contributed by atoms with Crippen LogP contribution >= 0.6 is 0 Å². The van der Waals surface area contributed by atoms with Gasteiger partial charge in [-0.15, -0.1) is 0 Å². The molecule has 0 saturated heterocycles. The fraction of sp³-hybridized carbons (Fsp3) is 0.227. The molecule has 1 heterocycles. The highest BCUT2D eigenvalue weighted by molar-refractivity contribution is 6.05. The molecule has 9 nitrogen and oxygen atoms in total. The third-order valence-electron chi connectivity index (χ3n) is 4.24. The summed E-state index contributed by atoms with van der Waals surface area (Å²) in [5, 5.41) is 6.34. The minimum atomic E-state index is -1.06. The first-order chi connectivity index (χ1) is 14.8. The fourth-order valence-corrected chi connectivity index (χ4v) is 2.65. The Morgan fingerprint density at radius 3 is 2.45 bits per heavy atom. The largest absolute Gasteiger partial charge is 0.485 e. The topological polar surface area (TPSA) is 121 Å². The highest BCUT2D eigenvalue weighted by Crippen LogP contribution is 2.17. The van der Waals surface area contributed by atoms with Gasteiger partial charge in [0.05, 0.1) is 11.3 Å². The maximum Gasteiger partial charge on any atom is 0.338 e. The number of carbonyl (C=O) groups is 3. The lowest BCUT2D eigenvalue weighted by atomic mass is 10.1. The van der Waals surface area contributed by atoms with Crippen LogP contribution in [0.15, 0.2) is 53.1 Å². The van der Waals surface area contributed by atoms with Crippen molar-refractivity contribution in [3.63, 3.8) is 0 Å². The molecule has 3 aromatic rings. The van der Waals surface area contributed by atoms with Crippen molar-refractivity contribution in [1.29, 1.82) is 0 Å². The number of ether oxygens (including phenoxy) is 2. The predicted octanol–water partition coefficient (Wildman–Crippen LogP) is 3.34. The number of aryl methyl sites for hydroxylation is 1. The second-order valence-corrected chi connectivity index (χ2v) is 6.68. The van der Waals surface area contributed by atoms with Crippen molar-refractivity contribution in [3.8, 4) is 5.75 Å². The smallest absolute Gasteiger partial charge is 0.338 e. The monoisotopic (exact) mass is 423 g/mol. The average molecular weight is 423 g/mol. The van der Waals surface area contributed by atoms with E-state index in [4.69, 9.17) is 14.0 Å². The zero-order chi connectivity index (χ0) is 22.4. The number of para-hydroxylation sites is 1. The van der Waals surface area contributed by atoms with E-state index in [0.717, 1.165) is 0 Å². The van der Waals surface area contributed by atoms with Crippen molar-refractivity contribution in [1.82, 2.24) is 10.1 Å². The molecule has 0 aliphatic carbocycles. The van der Waals surface area contributed by atoms with Crippen LogP contribution in [-0.2, 0) is 16.1 Å². The Bertz CT molecular complexity index is 1090. The Morgan fingerprint density at radius 1 is 1.10 bits per heavy atom. The third kappa shape index (κ3) is 5.75. The van der Waals surface area contributed by atoms with Gasteiger partial charge in [0, 0.05) is 12.5 Å². The summed E-state index contributed by atoms with van der Waals surface area (Å²) in [6.45, 7) is 4.67. The number of anilines is 1. The van der Waals surface area contributed by atoms with Crippen LogP contribution in [-0.4, -0.2) is 33.9 Å². The summed E-state index contributed by atoms with van der Waals surface area (Å²) in [7, 11) is 0. The Hall–Kier alpha value is -4.01. The van der Waals surface area contributed by atoms with Gasteiger partial charge in [0.25, 0.3) is 5.91 Å². The Kier molecular flexibility index (Phi) is 6.76. The Morgan fingerprint density at radius 2 is 1.81 bits per heavy atom. The van der Waals surface area contributed by atoms with Crippen LogP contribution in [0.25, 0.3) is 0 Å². The molecule has 0 bridgehead atoms. The summed E-state index contributed by atoms with van der Waals surface area (Å²) in [4.78, 5) is 40.5. The van der Waals surface area contributed by atoms with E-state index in [9.17, 15) is 14.4 Å². The molecule has 0 radical (unpaired) electrons. The first-order valence-corrected chi connectivity index (χ1v) is 9.47. The van der Waals surface area contributed by atoms with Gasteiger partial charge in [0.15, 0.2) is 18.5 Å². The molecule has 1 unspecified atom stereocenters. The number of hydrogen-bond donors (Lipinski definition) is 1. The number of esters is 1. The van der Waals surface area contributed by atoms with E-state index in [-0.39, 0.29) is 18.0 Å². The maximum absolute atomic E-state index is 12.4. The van der Waals surface area contributed by atoms with Crippen molar-refractivity contribution in [2.45, 2.75) is 33.5 Å². The van der Waals surface area contributed by atoms with Crippen molar-refractivity contribution in [2.75, 3.05) is 5.32 Å². The number of rotatable bonds is 8. The molecule has 1 aromatic heterocycles. The van der Waals surface area contributed by atoms with Crippen LogP contribution < -0.4 is 10.1 Å². The molecule has 3 rings (SSSR count). The molecule has 0 aliphatic heterocycles. The van der Waals surface area contributed by atoms with Crippen molar-refractivity contribution in [3.05, 3.63) is 71.4 Å². The minimum Gasteiger partial charge on any atom is -0.485 e. The lowest BCUT2D eigenvalue weighted by Gasteiger charge is -2.15. The molecular weight excluding hydrogens is 402 g/mol. The molecule has 9 heteroatoms. The number of benzene rings is 2. The molecule has 0 spiro atoms. The molecule has 1 N–H and O–H groups in total. The van der Waals surface area contributed by atoms with Gasteiger partial charge in [-0.2, -0.15) is 4.98 Å². The Labute approximate surface area is 178 Å². The van der Waals surface area contributed by atoms with E-state index >= 15 is 0 Å². The summed E-state index contributed by atoms with van der Waals surface area (Å²) in [6, 6.07) is 12.9. The molecule has 1 atom stereocenters. The van der Waals surface area contributed by atoms with Crippen LogP contribution in [0.1, 0.15) is 46.3 Å². The standard InChI is InChI=1S/C22H21N3O6/c1-13(26)18-6-4-5-7-19(18)24-21(27)14(2)30-22(28)16-8-10-17(11-9-16)29-12-20-23-15(3)31-25-20/h4-11,14H,12H2,1-3H3,(H,24,27). The quantitative estimate of drug-likeness (QED) is 0.433. The van der Waals surface area contributed by atoms with E-state index in [1.165, 1.54) is 26.0 Å². The predicted molar refractivity (Wildman–Crippen MR) is 110 cm³/mol. The van der Waals surface area contributed by atoms with Crippen molar-refractivity contribution in [2.24, 2.45) is 0 Å². The number of carbonyl (C=O) groups excluding carboxylic acids is 3. The summed E-state index contributed by atoms with van der Waals surface area (Å²) < 4.78 is 15.6. The van der Waals surface area contributed by atoms with Gasteiger partial charge in [-0.3, -0.25) is 9.59 Å². The van der Waals surface area contributed by atoms with Crippen LogP contribution in [0.5, 0.6) is 5.75 Å². The number of nitrogens with zero attached hydrogens (tertiary/aromatic N) is 2. The van der Waals surface area contributed by atoms with E-state index in [0.29, 0.717) is 28.7 Å². The maximum atomic E-state index is 12.4. The van der Waals surface area contributed by atoms with Gasteiger partial charge >= 0.3 is 5.97 Å². The number of nitrogens with one attached hydrogen (secondary N) is 1. The van der Waals surface area contributed by atoms with E-state index < -0.39 is 18.0 Å². The van der Waals surface area contributed by atoms with Gasteiger partial charge in [-0.25, -0.2) is 4.79 Å². The molecule has 2 aromatic carbocycles. The van der Waals surface area contributed by atoms with Crippen molar-refractivity contribution < 1.29 is 28.4 Å². The molecule has 0 saturated carbocycles. The summed E-state index contributed by atoms with van der Waals surface area (Å²) in [6.07, 6.45) is -1.06. The molecule has 1 amide bonds. The molecule has 0 aliphatic rings. The van der Waals surface area contributed by atoms with Gasteiger partial charge in [-0.05, 0) is 50.2 Å². The number of ketones is 1. The fourth-order valence-electron chi connectivity index (χ4n) is 2.65. The highest BCUT2D eigenvalue weighted by Gasteiger charge is 2.20. The Balaban J connectivity index is 1.55. The van der Waals surface area contributed by atoms with Crippen molar-refractivity contribution >= 4 is 23.3 Å². The average Bonchev–Trinajstić information content (AvgIpc) is 3.17. The van der Waals surface area contributed by atoms with E-state index in [2.05, 4.69) is 15.5 Å². The van der Waals surface area contributed by atoms with Crippen LogP contribution in [0.3, 0.4) is 0 Å². The van der Waals surface area contributed by atoms with Gasteiger partial charge < -0.3 is 19.3 Å². The normalized spacial score (nSPS) is 11.5. The van der Waals surface area contributed by atoms with Gasteiger partial charge in [-0.1, -0.05) is 17.3 Å². The lowest BCUT2D eigenvalue weighted by Crippen LogP contribution is -2.30. The van der Waals surface area contributed by atoms with Gasteiger partial charge in [0.2, 0.25) is 11.7 Å². The molecule has 0 fully saturated rings. The van der Waals surface area contributed by atoms with Gasteiger partial charge in [0.1, 0.15) is 5.75 Å². The summed E-state index contributed by atoms with van der Waals surface area (Å²) >= 11 is 0. The number of aromatic nitrogens is 2. The minimum absolute atomic E-state index is 0.125. The third-order valence-corrected chi connectivity index (χ3v) is 4.24. The molecule has 31 heavy (non-hydrogen) atoms. The number of Topliss-reactive ketones (excluding diaryl/α,β-unsaturated/α-hetero) is 1.